The third kappa shape index (κ3) is 3.73. The zero-order valence-electron chi connectivity index (χ0n) is 13.6. The molecule has 1 fully saturated rings. The average molecular weight is 295 g/mol. The molecule has 3 heteroatoms. The quantitative estimate of drug-likeness (QED) is 0.863. The van der Waals surface area contributed by atoms with Gasteiger partial charge >= 0.3 is 0 Å². The van der Waals surface area contributed by atoms with Crippen molar-refractivity contribution in [3.8, 4) is 11.1 Å². The first-order valence-electron chi connectivity index (χ1n) is 8.20. The second-order valence-electron chi connectivity index (χ2n) is 6.16. The summed E-state index contributed by atoms with van der Waals surface area (Å²) < 4.78 is 0. The number of hydrogen-bond acceptors (Lipinski definition) is 3. The minimum absolute atomic E-state index is 1.00. The smallest absolute Gasteiger partial charge is 0.0346 e. The van der Waals surface area contributed by atoms with Crippen LogP contribution >= 0.6 is 0 Å². The first-order valence-corrected chi connectivity index (χ1v) is 8.20. The second kappa shape index (κ2) is 7.03. The highest BCUT2D eigenvalue weighted by molar-refractivity contribution is 5.63. The summed E-state index contributed by atoms with van der Waals surface area (Å²) in [6.07, 6.45) is 3.97. The Morgan fingerprint density at radius 3 is 2.45 bits per heavy atom. The Hall–Kier alpha value is -1.71. The molecule has 0 bridgehead atoms. The van der Waals surface area contributed by atoms with Gasteiger partial charge < -0.3 is 4.90 Å². The molecule has 0 aliphatic carbocycles. The van der Waals surface area contributed by atoms with Crippen LogP contribution in [0.4, 0.5) is 0 Å². The van der Waals surface area contributed by atoms with E-state index in [0.29, 0.717) is 0 Å². The zero-order valence-corrected chi connectivity index (χ0v) is 13.6. The molecule has 0 N–H and O–H groups in total. The molecule has 3 nitrogen and oxygen atoms in total. The molecular formula is C19H25N3. The first-order chi connectivity index (χ1) is 10.7. The van der Waals surface area contributed by atoms with Crippen molar-refractivity contribution < 1.29 is 0 Å². The SMILES string of the molecule is CCN1CCN(Cc2cncc(-c3cccc(C)c3)c2)CC1. The van der Waals surface area contributed by atoms with E-state index in [1.54, 1.807) is 0 Å². The summed E-state index contributed by atoms with van der Waals surface area (Å²) in [5.74, 6) is 0. The Labute approximate surface area is 133 Å². The van der Waals surface area contributed by atoms with Gasteiger partial charge in [0.05, 0.1) is 0 Å². The van der Waals surface area contributed by atoms with Crippen molar-refractivity contribution in [3.05, 3.63) is 53.9 Å². The van der Waals surface area contributed by atoms with Crippen molar-refractivity contribution >= 4 is 0 Å². The van der Waals surface area contributed by atoms with E-state index in [9.17, 15) is 0 Å². The normalized spacial score (nSPS) is 16.8. The number of aromatic nitrogens is 1. The molecule has 3 rings (SSSR count). The van der Waals surface area contributed by atoms with Crippen LogP contribution < -0.4 is 0 Å². The highest BCUT2D eigenvalue weighted by Crippen LogP contribution is 2.21. The maximum absolute atomic E-state index is 4.45. The molecule has 1 saturated heterocycles. The lowest BCUT2D eigenvalue weighted by molar-refractivity contribution is 0.132. The van der Waals surface area contributed by atoms with Crippen LogP contribution in [0, 0.1) is 6.92 Å². The average Bonchev–Trinajstić information content (AvgIpc) is 2.56. The van der Waals surface area contributed by atoms with Gasteiger partial charge in [-0.1, -0.05) is 36.8 Å². The summed E-state index contributed by atoms with van der Waals surface area (Å²) in [5.41, 5.74) is 5.07. The van der Waals surface area contributed by atoms with E-state index in [1.807, 2.05) is 12.4 Å². The number of benzene rings is 1. The summed E-state index contributed by atoms with van der Waals surface area (Å²) in [4.78, 5) is 9.49. The summed E-state index contributed by atoms with van der Waals surface area (Å²) in [6.45, 7) is 11.2. The Morgan fingerprint density at radius 2 is 1.73 bits per heavy atom. The molecule has 0 radical (unpaired) electrons. The van der Waals surface area contributed by atoms with Gasteiger partial charge in [0.15, 0.2) is 0 Å². The van der Waals surface area contributed by atoms with Gasteiger partial charge in [-0.2, -0.15) is 0 Å². The molecule has 0 atom stereocenters. The number of piperazine rings is 1. The zero-order chi connectivity index (χ0) is 15.4. The minimum Gasteiger partial charge on any atom is -0.301 e. The molecule has 2 aromatic rings. The topological polar surface area (TPSA) is 19.4 Å². The number of hydrogen-bond donors (Lipinski definition) is 0. The van der Waals surface area contributed by atoms with E-state index in [0.717, 1.165) is 26.2 Å². The summed E-state index contributed by atoms with van der Waals surface area (Å²) in [5, 5.41) is 0. The van der Waals surface area contributed by atoms with Crippen molar-refractivity contribution in [2.75, 3.05) is 32.7 Å². The van der Waals surface area contributed by atoms with Crippen molar-refractivity contribution in [1.82, 2.24) is 14.8 Å². The Balaban J connectivity index is 1.69. The van der Waals surface area contributed by atoms with Crippen LogP contribution in [0.25, 0.3) is 11.1 Å². The molecule has 0 unspecified atom stereocenters. The van der Waals surface area contributed by atoms with Crippen LogP contribution in [0.5, 0.6) is 0 Å². The van der Waals surface area contributed by atoms with E-state index in [1.165, 1.54) is 35.3 Å². The van der Waals surface area contributed by atoms with Gasteiger partial charge in [0.25, 0.3) is 0 Å². The monoisotopic (exact) mass is 295 g/mol. The van der Waals surface area contributed by atoms with E-state index < -0.39 is 0 Å². The number of likely N-dealkylation sites (N-methyl/N-ethyl adjacent to an activating group) is 1. The largest absolute Gasteiger partial charge is 0.301 e. The highest BCUT2D eigenvalue weighted by atomic mass is 15.3. The number of rotatable bonds is 4. The fraction of sp³-hybridized carbons (Fsp3) is 0.421. The Morgan fingerprint density at radius 1 is 0.955 bits per heavy atom. The van der Waals surface area contributed by atoms with Crippen LogP contribution in [0.1, 0.15) is 18.1 Å². The summed E-state index contributed by atoms with van der Waals surface area (Å²) >= 11 is 0. The van der Waals surface area contributed by atoms with Gasteiger partial charge in [0.2, 0.25) is 0 Å². The van der Waals surface area contributed by atoms with Crippen molar-refractivity contribution in [1.29, 1.82) is 0 Å². The van der Waals surface area contributed by atoms with Gasteiger partial charge in [-0.3, -0.25) is 9.88 Å². The minimum atomic E-state index is 1.00. The Kier molecular flexibility index (Phi) is 4.86. The van der Waals surface area contributed by atoms with Crippen molar-refractivity contribution in [2.24, 2.45) is 0 Å². The predicted octanol–water partition coefficient (Wildman–Crippen LogP) is 3.19. The third-order valence-electron chi connectivity index (χ3n) is 4.46. The molecule has 1 aliphatic heterocycles. The van der Waals surface area contributed by atoms with Crippen LogP contribution in [0.3, 0.4) is 0 Å². The second-order valence-corrected chi connectivity index (χ2v) is 6.16. The van der Waals surface area contributed by atoms with Crippen molar-refractivity contribution in [2.45, 2.75) is 20.4 Å². The van der Waals surface area contributed by atoms with Gasteiger partial charge in [0.1, 0.15) is 0 Å². The molecule has 1 aromatic carbocycles. The standard InChI is InChI=1S/C19H25N3/c1-3-21-7-9-22(10-8-21)15-17-12-19(14-20-13-17)18-6-4-5-16(2)11-18/h4-6,11-14H,3,7-10,15H2,1-2H3. The van der Waals surface area contributed by atoms with E-state index in [2.05, 4.69) is 59.0 Å². The maximum atomic E-state index is 4.45. The lowest BCUT2D eigenvalue weighted by Crippen LogP contribution is -2.45. The van der Waals surface area contributed by atoms with Crippen LogP contribution in [-0.2, 0) is 6.54 Å². The van der Waals surface area contributed by atoms with Gasteiger partial charge in [-0.15, -0.1) is 0 Å². The van der Waals surface area contributed by atoms with Crippen LogP contribution in [0.15, 0.2) is 42.7 Å². The van der Waals surface area contributed by atoms with E-state index in [4.69, 9.17) is 0 Å². The fourth-order valence-electron chi connectivity index (χ4n) is 3.08. The summed E-state index contributed by atoms with van der Waals surface area (Å²) in [7, 11) is 0. The lowest BCUT2D eigenvalue weighted by atomic mass is 10.0. The maximum Gasteiger partial charge on any atom is 0.0346 e. The molecule has 1 aliphatic rings. The van der Waals surface area contributed by atoms with E-state index in [-0.39, 0.29) is 0 Å². The third-order valence-corrected chi connectivity index (χ3v) is 4.46. The molecule has 2 heterocycles. The van der Waals surface area contributed by atoms with Gasteiger partial charge in [-0.25, -0.2) is 0 Å². The van der Waals surface area contributed by atoms with E-state index >= 15 is 0 Å². The first kappa shape index (κ1) is 15.2. The number of nitrogens with zero attached hydrogens (tertiary/aromatic N) is 3. The number of aryl methyl sites for hydroxylation is 1. The number of pyridine rings is 1. The lowest BCUT2D eigenvalue weighted by Gasteiger charge is -2.34. The Bertz CT molecular complexity index is 616. The predicted molar refractivity (Wildman–Crippen MR) is 91.8 cm³/mol. The molecule has 0 amide bonds. The molecular weight excluding hydrogens is 270 g/mol. The molecule has 0 saturated carbocycles. The molecule has 0 spiro atoms. The van der Waals surface area contributed by atoms with Gasteiger partial charge in [-0.05, 0) is 30.7 Å². The van der Waals surface area contributed by atoms with Crippen LogP contribution in [0.2, 0.25) is 0 Å². The molecule has 1 aromatic heterocycles. The highest BCUT2D eigenvalue weighted by Gasteiger charge is 2.15. The van der Waals surface area contributed by atoms with Crippen molar-refractivity contribution in [3.63, 3.8) is 0 Å². The summed E-state index contributed by atoms with van der Waals surface area (Å²) in [6, 6.07) is 10.9. The molecule has 116 valence electrons. The van der Waals surface area contributed by atoms with Gasteiger partial charge in [0, 0.05) is 50.7 Å². The fourth-order valence-corrected chi connectivity index (χ4v) is 3.08. The molecule has 22 heavy (non-hydrogen) atoms. The van der Waals surface area contributed by atoms with Crippen LogP contribution in [-0.4, -0.2) is 47.5 Å².